The van der Waals surface area contributed by atoms with Crippen LogP contribution in [-0.2, 0) is 22.4 Å². The van der Waals surface area contributed by atoms with Gasteiger partial charge in [-0.2, -0.15) is 0 Å². The van der Waals surface area contributed by atoms with Gasteiger partial charge in [0.15, 0.2) is 11.4 Å². The number of anilines is 1. The van der Waals surface area contributed by atoms with Crippen LogP contribution in [0.15, 0.2) is 28.5 Å². The van der Waals surface area contributed by atoms with Gasteiger partial charge < -0.3 is 19.5 Å². The summed E-state index contributed by atoms with van der Waals surface area (Å²) in [5.41, 5.74) is 2.30. The first-order valence-corrected chi connectivity index (χ1v) is 12.1. The number of pyridine rings is 1. The number of carboxylic acid groups (broad SMARTS) is 1. The number of aromatic nitrogens is 3. The Bertz CT molecular complexity index is 1270. The maximum absolute atomic E-state index is 13.4. The fraction of sp³-hybridized carbons (Fsp3) is 0.417. The Kier molecular flexibility index (Phi) is 7.28. The summed E-state index contributed by atoms with van der Waals surface area (Å²) in [7, 11) is 1.57. The van der Waals surface area contributed by atoms with Crippen LogP contribution >= 0.6 is 11.3 Å². The zero-order chi connectivity index (χ0) is 24.2. The Morgan fingerprint density at radius 2 is 2.06 bits per heavy atom. The van der Waals surface area contributed by atoms with E-state index in [1.54, 1.807) is 24.6 Å². The molecule has 0 aromatic carbocycles. The highest BCUT2D eigenvalue weighted by atomic mass is 32.1. The first-order chi connectivity index (χ1) is 16.4. The van der Waals surface area contributed by atoms with Gasteiger partial charge in [-0.15, -0.1) is 11.3 Å². The summed E-state index contributed by atoms with van der Waals surface area (Å²) in [6, 6.07) is 1.85. The molecular weight excluding hydrogens is 456 g/mol. The number of aryl methyl sites for hydroxylation is 2. The number of methoxy groups -OCH3 is 1. The highest BCUT2D eigenvalue weighted by Crippen LogP contribution is 2.28. The predicted molar refractivity (Wildman–Crippen MR) is 131 cm³/mol. The van der Waals surface area contributed by atoms with Crippen molar-refractivity contribution < 1.29 is 19.4 Å². The standard InChI is InChI=1S/C24H28N4O5S/c1-15(2)18-14-34-19(25-18)6-4-16-8-9-28-23(21(16)32-3)26-22(27-10-12-33-13-11-27)17(24(28)31)5-7-20(29)30/h5,7-9,14-15H,4,6,10-13H2,1-3H3,(H,29,30). The number of ether oxygens (including phenoxy) is 2. The smallest absolute Gasteiger partial charge is 0.328 e. The summed E-state index contributed by atoms with van der Waals surface area (Å²) in [6.07, 6.45) is 5.38. The molecule has 10 heteroatoms. The first-order valence-electron chi connectivity index (χ1n) is 11.2. The molecular formula is C24H28N4O5S. The number of hydrogen-bond acceptors (Lipinski definition) is 8. The fourth-order valence-corrected chi connectivity index (χ4v) is 4.86. The van der Waals surface area contributed by atoms with Gasteiger partial charge in [0, 0.05) is 37.2 Å². The molecule has 0 unspecified atom stereocenters. The Hall–Kier alpha value is -3.24. The van der Waals surface area contributed by atoms with Gasteiger partial charge in [0.25, 0.3) is 5.56 Å². The number of carbonyl (C=O) groups is 1. The molecule has 3 aromatic heterocycles. The van der Waals surface area contributed by atoms with Crippen LogP contribution in [0, 0.1) is 0 Å². The third-order valence-electron chi connectivity index (χ3n) is 5.73. The number of fused-ring (bicyclic) bond motifs is 1. The minimum Gasteiger partial charge on any atom is -0.493 e. The van der Waals surface area contributed by atoms with Crippen molar-refractivity contribution in [2.24, 2.45) is 0 Å². The molecule has 1 aliphatic rings. The molecule has 4 rings (SSSR count). The van der Waals surface area contributed by atoms with Crippen molar-refractivity contribution in [3.05, 3.63) is 55.9 Å². The van der Waals surface area contributed by atoms with E-state index in [-0.39, 0.29) is 11.1 Å². The van der Waals surface area contributed by atoms with E-state index in [2.05, 4.69) is 19.2 Å². The molecule has 0 spiro atoms. The average molecular weight is 485 g/mol. The van der Waals surface area contributed by atoms with Crippen molar-refractivity contribution in [3.8, 4) is 5.75 Å². The molecule has 3 aromatic rings. The summed E-state index contributed by atoms with van der Waals surface area (Å²) < 4.78 is 12.6. The van der Waals surface area contributed by atoms with Gasteiger partial charge in [-0.3, -0.25) is 9.20 Å². The zero-order valence-corrected chi connectivity index (χ0v) is 20.3. The molecule has 1 fully saturated rings. The third-order valence-corrected chi connectivity index (χ3v) is 6.65. The monoisotopic (exact) mass is 484 g/mol. The van der Waals surface area contributed by atoms with E-state index < -0.39 is 5.97 Å². The minimum atomic E-state index is -1.13. The SMILES string of the molecule is COc1c(CCc2nc(C(C)C)cs2)ccn2c(=O)c(C=CC(=O)O)c(N3CCOCC3)nc12. The van der Waals surface area contributed by atoms with Crippen molar-refractivity contribution in [2.45, 2.75) is 32.6 Å². The van der Waals surface area contributed by atoms with Gasteiger partial charge in [-0.1, -0.05) is 13.8 Å². The molecule has 180 valence electrons. The third kappa shape index (κ3) is 4.97. The molecule has 9 nitrogen and oxygen atoms in total. The summed E-state index contributed by atoms with van der Waals surface area (Å²) in [5, 5.41) is 12.3. The second-order valence-corrected chi connectivity index (χ2v) is 9.26. The molecule has 0 atom stereocenters. The van der Waals surface area contributed by atoms with Crippen molar-refractivity contribution in [2.75, 3.05) is 38.3 Å². The van der Waals surface area contributed by atoms with E-state index in [1.165, 1.54) is 10.5 Å². The highest BCUT2D eigenvalue weighted by Gasteiger charge is 2.22. The molecule has 0 radical (unpaired) electrons. The van der Waals surface area contributed by atoms with Crippen molar-refractivity contribution >= 4 is 34.8 Å². The van der Waals surface area contributed by atoms with Gasteiger partial charge in [-0.05, 0) is 30.0 Å². The largest absolute Gasteiger partial charge is 0.493 e. The van der Waals surface area contributed by atoms with E-state index in [9.17, 15) is 9.59 Å². The van der Waals surface area contributed by atoms with Gasteiger partial charge in [0.1, 0.15) is 5.82 Å². The quantitative estimate of drug-likeness (QED) is 0.487. The Morgan fingerprint density at radius 1 is 1.29 bits per heavy atom. The number of nitrogens with zero attached hydrogens (tertiary/aromatic N) is 4. The molecule has 0 aliphatic carbocycles. The number of carboxylic acids is 1. The maximum atomic E-state index is 13.4. The number of hydrogen-bond donors (Lipinski definition) is 1. The van der Waals surface area contributed by atoms with Crippen LogP contribution in [0.4, 0.5) is 5.82 Å². The van der Waals surface area contributed by atoms with E-state index in [0.29, 0.717) is 55.9 Å². The number of thiazole rings is 1. The average Bonchev–Trinajstić information content (AvgIpc) is 3.31. The lowest BCUT2D eigenvalue weighted by Gasteiger charge is -2.29. The van der Waals surface area contributed by atoms with E-state index in [4.69, 9.17) is 24.5 Å². The maximum Gasteiger partial charge on any atom is 0.328 e. The fourth-order valence-electron chi connectivity index (χ4n) is 3.90. The van der Waals surface area contributed by atoms with Crippen LogP contribution in [-0.4, -0.2) is 58.9 Å². The predicted octanol–water partition coefficient (Wildman–Crippen LogP) is 3.00. The lowest BCUT2D eigenvalue weighted by molar-refractivity contribution is -0.131. The number of rotatable bonds is 8. The zero-order valence-electron chi connectivity index (χ0n) is 19.5. The lowest BCUT2D eigenvalue weighted by atomic mass is 10.1. The summed E-state index contributed by atoms with van der Waals surface area (Å²) in [5.74, 6) is 0.221. The molecule has 34 heavy (non-hydrogen) atoms. The van der Waals surface area contributed by atoms with Crippen LogP contribution in [0.5, 0.6) is 5.75 Å². The summed E-state index contributed by atoms with van der Waals surface area (Å²) in [4.78, 5) is 36.0. The van der Waals surface area contributed by atoms with Crippen LogP contribution in [0.25, 0.3) is 11.7 Å². The highest BCUT2D eigenvalue weighted by molar-refractivity contribution is 7.09. The van der Waals surface area contributed by atoms with Crippen molar-refractivity contribution in [1.29, 1.82) is 0 Å². The second kappa shape index (κ2) is 10.4. The van der Waals surface area contributed by atoms with Crippen LogP contribution < -0.4 is 15.2 Å². The Balaban J connectivity index is 1.77. The Morgan fingerprint density at radius 3 is 2.71 bits per heavy atom. The minimum absolute atomic E-state index is 0.223. The molecule has 0 saturated carbocycles. The second-order valence-electron chi connectivity index (χ2n) is 8.31. The first kappa shape index (κ1) is 23.9. The van der Waals surface area contributed by atoms with E-state index in [0.717, 1.165) is 28.8 Å². The molecule has 1 saturated heterocycles. The topological polar surface area (TPSA) is 106 Å². The summed E-state index contributed by atoms with van der Waals surface area (Å²) >= 11 is 1.65. The van der Waals surface area contributed by atoms with Gasteiger partial charge in [0.05, 0.1) is 36.6 Å². The number of morpholine rings is 1. The van der Waals surface area contributed by atoms with Crippen LogP contribution in [0.3, 0.4) is 0 Å². The van der Waals surface area contributed by atoms with Crippen molar-refractivity contribution in [1.82, 2.24) is 14.4 Å². The number of aliphatic carboxylic acids is 1. The normalized spacial score (nSPS) is 14.4. The molecule has 1 N–H and O–H groups in total. The molecule has 4 heterocycles. The van der Waals surface area contributed by atoms with E-state index in [1.807, 2.05) is 11.0 Å². The molecule has 1 aliphatic heterocycles. The van der Waals surface area contributed by atoms with Crippen LogP contribution in [0.1, 0.15) is 41.6 Å². The molecule has 0 bridgehead atoms. The van der Waals surface area contributed by atoms with Gasteiger partial charge in [0.2, 0.25) is 0 Å². The van der Waals surface area contributed by atoms with Gasteiger partial charge in [-0.25, -0.2) is 14.8 Å². The van der Waals surface area contributed by atoms with Gasteiger partial charge >= 0.3 is 5.97 Å². The summed E-state index contributed by atoms with van der Waals surface area (Å²) in [6.45, 7) is 6.38. The lowest BCUT2D eigenvalue weighted by Crippen LogP contribution is -2.38. The van der Waals surface area contributed by atoms with Crippen LogP contribution in [0.2, 0.25) is 0 Å². The van der Waals surface area contributed by atoms with E-state index >= 15 is 0 Å². The van der Waals surface area contributed by atoms with Crippen molar-refractivity contribution in [3.63, 3.8) is 0 Å². The molecule has 0 amide bonds. The Labute approximate surface area is 201 Å².